The fourth-order valence-electron chi connectivity index (χ4n) is 3.71. The number of pyridine rings is 2. The number of carbonyl (C=O) groups is 1. The van der Waals surface area contributed by atoms with Gasteiger partial charge in [0.2, 0.25) is 5.91 Å². The zero-order chi connectivity index (χ0) is 21.2. The Morgan fingerprint density at radius 3 is 2.23 bits per heavy atom. The van der Waals surface area contributed by atoms with Crippen LogP contribution in [-0.2, 0) is 17.9 Å². The lowest BCUT2D eigenvalue weighted by Crippen LogP contribution is -2.28. The van der Waals surface area contributed by atoms with Crippen LogP contribution < -0.4 is 10.7 Å². The van der Waals surface area contributed by atoms with E-state index < -0.39 is 0 Å². The van der Waals surface area contributed by atoms with Crippen LogP contribution >= 0.6 is 0 Å². The molecule has 152 valence electrons. The number of aromatic nitrogens is 4. The highest BCUT2D eigenvalue weighted by Gasteiger charge is 2.12. The highest BCUT2D eigenvalue weighted by Crippen LogP contribution is 2.19. The largest absolute Gasteiger partial charge is 0.350 e. The summed E-state index contributed by atoms with van der Waals surface area (Å²) in [5.74, 6) is 0.571. The summed E-state index contributed by atoms with van der Waals surface area (Å²) in [7, 11) is 0. The van der Waals surface area contributed by atoms with Crippen molar-refractivity contribution in [3.8, 4) is 5.82 Å². The Morgan fingerprint density at radius 2 is 1.61 bits per heavy atom. The first-order valence-electron chi connectivity index (χ1n) is 9.92. The lowest BCUT2D eigenvalue weighted by atomic mass is 10.1. The number of fused-ring (bicyclic) bond motifs is 2. The Kier molecular flexibility index (Phi) is 4.76. The third kappa shape index (κ3) is 3.57. The Hall–Kier alpha value is -4.26. The summed E-state index contributed by atoms with van der Waals surface area (Å²) in [6.07, 6.45) is 5.24. The normalized spacial score (nSPS) is 11.1. The van der Waals surface area contributed by atoms with Crippen molar-refractivity contribution in [3.63, 3.8) is 0 Å². The molecule has 0 aliphatic rings. The summed E-state index contributed by atoms with van der Waals surface area (Å²) < 4.78 is 3.56. The first-order valence-corrected chi connectivity index (χ1v) is 9.92. The molecule has 31 heavy (non-hydrogen) atoms. The van der Waals surface area contributed by atoms with Crippen LogP contribution in [0.25, 0.3) is 27.6 Å². The van der Waals surface area contributed by atoms with E-state index in [1.807, 2.05) is 65.4 Å². The zero-order valence-electron chi connectivity index (χ0n) is 16.6. The van der Waals surface area contributed by atoms with Crippen molar-refractivity contribution in [2.75, 3.05) is 0 Å². The van der Waals surface area contributed by atoms with Crippen molar-refractivity contribution >= 4 is 27.7 Å². The quantitative estimate of drug-likeness (QED) is 0.453. The smallest absolute Gasteiger partial charge is 0.240 e. The molecule has 0 atom stereocenters. The van der Waals surface area contributed by atoms with Gasteiger partial charge in [0.15, 0.2) is 11.2 Å². The van der Waals surface area contributed by atoms with Gasteiger partial charge >= 0.3 is 0 Å². The van der Waals surface area contributed by atoms with Crippen molar-refractivity contribution in [3.05, 3.63) is 101 Å². The van der Waals surface area contributed by atoms with Crippen LogP contribution in [0.15, 0.2) is 90.1 Å². The van der Waals surface area contributed by atoms with Gasteiger partial charge in [-0.25, -0.2) is 9.67 Å². The molecule has 0 bridgehead atoms. The molecule has 1 N–H and O–H groups in total. The monoisotopic (exact) mass is 409 g/mol. The molecule has 0 fully saturated rings. The standard InChI is InChI=1S/C24H19N5O2/c30-23(26-15-17-10-11-22(25-14-17)29-13-5-12-27-29)16-28-20-8-3-1-6-18(20)24(31)19-7-2-4-9-21(19)28/h1-14H,15-16H2,(H,26,30). The summed E-state index contributed by atoms with van der Waals surface area (Å²) in [5.41, 5.74) is 2.35. The molecule has 0 unspecified atom stereocenters. The number of hydrogen-bond acceptors (Lipinski definition) is 4. The topological polar surface area (TPSA) is 81.8 Å². The zero-order valence-corrected chi connectivity index (χ0v) is 16.6. The first-order chi connectivity index (χ1) is 15.2. The fraction of sp³-hybridized carbons (Fsp3) is 0.0833. The third-order valence-corrected chi connectivity index (χ3v) is 5.22. The van der Waals surface area contributed by atoms with Crippen LogP contribution in [0, 0.1) is 0 Å². The van der Waals surface area contributed by atoms with Crippen LogP contribution in [0.3, 0.4) is 0 Å². The van der Waals surface area contributed by atoms with Crippen molar-refractivity contribution in [1.82, 2.24) is 24.6 Å². The fourth-order valence-corrected chi connectivity index (χ4v) is 3.71. The minimum atomic E-state index is -0.143. The van der Waals surface area contributed by atoms with Gasteiger partial charge in [-0.2, -0.15) is 5.10 Å². The molecule has 3 aromatic heterocycles. The van der Waals surface area contributed by atoms with E-state index in [2.05, 4.69) is 15.4 Å². The molecule has 3 heterocycles. The molecular formula is C24H19N5O2. The summed E-state index contributed by atoms with van der Waals surface area (Å²) >= 11 is 0. The number of carbonyl (C=O) groups excluding carboxylic acids is 1. The number of para-hydroxylation sites is 2. The maximum atomic E-state index is 12.8. The minimum absolute atomic E-state index is 0.0220. The second kappa shape index (κ2) is 7.87. The molecule has 0 spiro atoms. The minimum Gasteiger partial charge on any atom is -0.350 e. The molecule has 5 rings (SSSR count). The predicted octanol–water partition coefficient (Wildman–Crippen LogP) is 3.05. The SMILES string of the molecule is O=C(Cn1c2ccccc2c(=O)c2ccccc21)NCc1ccc(-n2cccn2)nc1. The predicted molar refractivity (Wildman–Crippen MR) is 119 cm³/mol. The number of rotatable bonds is 5. The summed E-state index contributed by atoms with van der Waals surface area (Å²) in [4.78, 5) is 30.0. The molecule has 0 radical (unpaired) electrons. The second-order valence-corrected chi connectivity index (χ2v) is 7.20. The van der Waals surface area contributed by atoms with Gasteiger partial charge in [-0.1, -0.05) is 30.3 Å². The highest BCUT2D eigenvalue weighted by atomic mass is 16.2. The van der Waals surface area contributed by atoms with E-state index in [4.69, 9.17) is 0 Å². The van der Waals surface area contributed by atoms with Gasteiger partial charge in [0, 0.05) is 35.9 Å². The van der Waals surface area contributed by atoms with E-state index in [1.54, 1.807) is 29.2 Å². The summed E-state index contributed by atoms with van der Waals surface area (Å²) in [5, 5.41) is 8.31. The average Bonchev–Trinajstić information content (AvgIpc) is 3.36. The van der Waals surface area contributed by atoms with E-state index in [9.17, 15) is 9.59 Å². The number of amides is 1. The molecule has 1 amide bonds. The average molecular weight is 409 g/mol. The van der Waals surface area contributed by atoms with Crippen LogP contribution in [0.4, 0.5) is 0 Å². The molecule has 7 nitrogen and oxygen atoms in total. The molecule has 0 saturated carbocycles. The van der Waals surface area contributed by atoms with Gasteiger partial charge in [0.05, 0.1) is 11.0 Å². The van der Waals surface area contributed by atoms with Crippen LogP contribution in [0.1, 0.15) is 5.56 Å². The van der Waals surface area contributed by atoms with Crippen molar-refractivity contribution in [2.24, 2.45) is 0 Å². The highest BCUT2D eigenvalue weighted by molar-refractivity contribution is 5.94. The van der Waals surface area contributed by atoms with E-state index in [-0.39, 0.29) is 17.9 Å². The molecule has 0 saturated heterocycles. The van der Waals surface area contributed by atoms with Crippen LogP contribution in [0.2, 0.25) is 0 Å². The van der Waals surface area contributed by atoms with Gasteiger partial charge in [0.1, 0.15) is 6.54 Å². The van der Waals surface area contributed by atoms with E-state index in [0.717, 1.165) is 16.6 Å². The number of nitrogens with one attached hydrogen (secondary N) is 1. The maximum absolute atomic E-state index is 12.8. The summed E-state index contributed by atoms with van der Waals surface area (Å²) in [6, 6.07) is 20.4. The maximum Gasteiger partial charge on any atom is 0.240 e. The van der Waals surface area contributed by atoms with E-state index >= 15 is 0 Å². The first kappa shape index (κ1) is 18.7. The molecule has 0 aliphatic carbocycles. The number of benzene rings is 2. The van der Waals surface area contributed by atoms with Crippen molar-refractivity contribution in [1.29, 1.82) is 0 Å². The molecular weight excluding hydrogens is 390 g/mol. The molecule has 0 aliphatic heterocycles. The molecule has 2 aromatic carbocycles. The second-order valence-electron chi connectivity index (χ2n) is 7.20. The number of nitrogens with zero attached hydrogens (tertiary/aromatic N) is 4. The van der Waals surface area contributed by atoms with Crippen molar-refractivity contribution < 1.29 is 4.79 Å². The van der Waals surface area contributed by atoms with Crippen molar-refractivity contribution in [2.45, 2.75) is 13.1 Å². The van der Waals surface area contributed by atoms with Gasteiger partial charge in [-0.05, 0) is 42.0 Å². The lowest BCUT2D eigenvalue weighted by molar-refractivity contribution is -0.121. The Labute approximate surface area is 177 Å². The summed E-state index contributed by atoms with van der Waals surface area (Å²) in [6.45, 7) is 0.474. The Bertz CT molecular complexity index is 1380. The molecule has 7 heteroatoms. The lowest BCUT2D eigenvalue weighted by Gasteiger charge is -2.15. The Morgan fingerprint density at radius 1 is 0.903 bits per heavy atom. The van der Waals surface area contributed by atoms with Crippen LogP contribution in [-0.4, -0.2) is 25.2 Å². The third-order valence-electron chi connectivity index (χ3n) is 5.22. The van der Waals surface area contributed by atoms with Gasteiger partial charge < -0.3 is 9.88 Å². The van der Waals surface area contributed by atoms with E-state index in [1.165, 1.54) is 0 Å². The molecule has 5 aromatic rings. The van der Waals surface area contributed by atoms with E-state index in [0.29, 0.717) is 23.1 Å². The van der Waals surface area contributed by atoms with Gasteiger partial charge in [0.25, 0.3) is 0 Å². The van der Waals surface area contributed by atoms with Crippen LogP contribution in [0.5, 0.6) is 0 Å². The van der Waals surface area contributed by atoms with Gasteiger partial charge in [-0.15, -0.1) is 0 Å². The van der Waals surface area contributed by atoms with Gasteiger partial charge in [-0.3, -0.25) is 9.59 Å². The number of hydrogen-bond donors (Lipinski definition) is 1. The Balaban J connectivity index is 1.38.